The Morgan fingerprint density at radius 1 is 0.395 bits per heavy atom. The molecule has 0 amide bonds. The van der Waals surface area contributed by atoms with Crippen molar-refractivity contribution in [3.8, 4) is 0 Å². The van der Waals surface area contributed by atoms with Gasteiger partial charge in [0.25, 0.3) is 0 Å². The van der Waals surface area contributed by atoms with Gasteiger partial charge in [-0.1, -0.05) is 171 Å². The highest BCUT2D eigenvalue weighted by Crippen LogP contribution is 2.53. The molecule has 0 aliphatic heterocycles. The first-order valence-electron chi connectivity index (χ1n) is 17.1. The minimum absolute atomic E-state index is 0.000969. The lowest BCUT2D eigenvalue weighted by Crippen LogP contribution is -2.38. The quantitative estimate of drug-likeness (QED) is 0.334. The van der Waals surface area contributed by atoms with Crippen LogP contribution in [0.25, 0.3) is 0 Å². The summed E-state index contributed by atoms with van der Waals surface area (Å²) in [6.45, 7) is 53.7. The van der Waals surface area contributed by atoms with Gasteiger partial charge < -0.3 is 0 Å². The van der Waals surface area contributed by atoms with E-state index in [9.17, 15) is 0 Å². The minimum Gasteiger partial charge on any atom is -0.0617 e. The lowest BCUT2D eigenvalue weighted by Gasteiger charge is -2.47. The average Bonchev–Trinajstić information content (AvgIpc) is 2.72. The third-order valence-electron chi connectivity index (χ3n) is 9.08. The molecule has 0 fully saturated rings. The van der Waals surface area contributed by atoms with Crippen LogP contribution in [0.5, 0.6) is 0 Å². The van der Waals surface area contributed by atoms with Gasteiger partial charge in [0.05, 0.1) is 0 Å². The second kappa shape index (κ2) is 11.4. The van der Waals surface area contributed by atoms with Gasteiger partial charge in [0, 0.05) is 0 Å². The maximum absolute atomic E-state index is 2.54. The van der Waals surface area contributed by atoms with Crippen LogP contribution in [0.2, 0.25) is 0 Å². The van der Waals surface area contributed by atoms with Crippen molar-refractivity contribution < 1.29 is 0 Å². The molecule has 0 nitrogen and oxygen atoms in total. The van der Waals surface area contributed by atoms with Crippen LogP contribution in [0.4, 0.5) is 0 Å². The van der Waals surface area contributed by atoms with Crippen LogP contribution in [-0.2, 0) is 44.3 Å². The predicted molar refractivity (Wildman–Crippen MR) is 196 cm³/mol. The van der Waals surface area contributed by atoms with E-state index >= 15 is 0 Å². The molecule has 0 aliphatic rings. The van der Waals surface area contributed by atoms with E-state index in [4.69, 9.17) is 0 Å². The number of benzene rings is 2. The zero-order valence-electron chi connectivity index (χ0n) is 33.0. The SMILES string of the molecule is CC(Cc1c(C(C)(C)C)cccc1C(C)(C)C)c1c(C(C)(C)C)c(C(C)(C)C)c(C(C)(C)C)c(C(C)(C)C)c1C(C)(C)C. The summed E-state index contributed by atoms with van der Waals surface area (Å²) in [5.74, 6) is 0.365. The molecule has 2 aromatic carbocycles. The number of rotatable bonds is 3. The topological polar surface area (TPSA) is 0 Å². The summed E-state index contributed by atoms with van der Waals surface area (Å²) in [6.07, 6.45) is 1.05. The van der Waals surface area contributed by atoms with E-state index in [-0.39, 0.29) is 37.9 Å². The van der Waals surface area contributed by atoms with E-state index in [2.05, 4.69) is 171 Å². The van der Waals surface area contributed by atoms with E-state index in [1.54, 1.807) is 38.9 Å². The Balaban J connectivity index is 3.38. The molecule has 0 spiro atoms. The van der Waals surface area contributed by atoms with Crippen LogP contribution in [-0.4, -0.2) is 0 Å². The third-order valence-corrected chi connectivity index (χ3v) is 9.08. The molecule has 0 heterocycles. The van der Waals surface area contributed by atoms with E-state index in [0.29, 0.717) is 5.92 Å². The van der Waals surface area contributed by atoms with Crippen molar-refractivity contribution in [2.24, 2.45) is 0 Å². The molecule has 0 saturated heterocycles. The first kappa shape index (κ1) is 37.6. The molecule has 0 aromatic heterocycles. The van der Waals surface area contributed by atoms with Gasteiger partial charge in [0.1, 0.15) is 0 Å². The summed E-state index contributed by atoms with van der Waals surface area (Å²) in [6, 6.07) is 7.09. The maximum Gasteiger partial charge on any atom is -0.0126 e. The Bertz CT molecular complexity index is 1210. The second-order valence-electron chi connectivity index (χ2n) is 21.0. The van der Waals surface area contributed by atoms with Gasteiger partial charge in [-0.15, -0.1) is 0 Å². The van der Waals surface area contributed by atoms with Crippen LogP contribution in [0.15, 0.2) is 18.2 Å². The van der Waals surface area contributed by atoms with Crippen molar-refractivity contribution >= 4 is 0 Å². The van der Waals surface area contributed by atoms with Crippen molar-refractivity contribution in [2.45, 2.75) is 203 Å². The Labute approximate surface area is 270 Å². The van der Waals surface area contributed by atoms with Gasteiger partial charge in [-0.2, -0.15) is 0 Å². The average molecular weight is 589 g/mol. The maximum atomic E-state index is 2.54. The van der Waals surface area contributed by atoms with Gasteiger partial charge in [0.15, 0.2) is 0 Å². The molecule has 0 N–H and O–H groups in total. The molecule has 43 heavy (non-hydrogen) atoms. The minimum atomic E-state index is -0.000969. The smallest absolute Gasteiger partial charge is 0.0126 e. The molecule has 2 aromatic rings. The monoisotopic (exact) mass is 589 g/mol. The fourth-order valence-electron chi connectivity index (χ4n) is 7.69. The van der Waals surface area contributed by atoms with Crippen LogP contribution in [0.1, 0.15) is 208 Å². The van der Waals surface area contributed by atoms with Gasteiger partial charge >= 0.3 is 0 Å². The van der Waals surface area contributed by atoms with E-state index in [1.807, 2.05) is 0 Å². The Kier molecular flexibility index (Phi) is 9.93. The molecule has 1 unspecified atom stereocenters. The van der Waals surface area contributed by atoms with E-state index < -0.39 is 0 Å². The summed E-state index contributed by atoms with van der Waals surface area (Å²) < 4.78 is 0. The molecule has 0 saturated carbocycles. The summed E-state index contributed by atoms with van der Waals surface area (Å²) in [5, 5.41) is 0. The largest absolute Gasteiger partial charge is 0.0617 e. The van der Waals surface area contributed by atoms with Crippen molar-refractivity contribution in [1.29, 1.82) is 0 Å². The van der Waals surface area contributed by atoms with Gasteiger partial charge in [-0.05, 0) is 100 Å². The highest BCUT2D eigenvalue weighted by Gasteiger charge is 2.43. The first-order chi connectivity index (χ1) is 18.7. The molecule has 0 aliphatic carbocycles. The number of hydrogen-bond donors (Lipinski definition) is 0. The lowest BCUT2D eigenvalue weighted by atomic mass is 9.57. The molecule has 2 rings (SSSR count). The molecule has 1 atom stereocenters. The molecule has 244 valence electrons. The second-order valence-corrected chi connectivity index (χ2v) is 21.0. The van der Waals surface area contributed by atoms with Gasteiger partial charge in [-0.3, -0.25) is 0 Å². The number of hydrogen-bond acceptors (Lipinski definition) is 0. The molecular weight excluding hydrogens is 516 g/mol. The van der Waals surface area contributed by atoms with E-state index in [0.717, 1.165) is 6.42 Å². The van der Waals surface area contributed by atoms with Crippen molar-refractivity contribution in [1.82, 2.24) is 0 Å². The highest BCUT2D eigenvalue weighted by atomic mass is 14.5. The van der Waals surface area contributed by atoms with Crippen LogP contribution < -0.4 is 0 Å². The Morgan fingerprint density at radius 3 is 0.884 bits per heavy atom. The molecule has 0 radical (unpaired) electrons. The fourth-order valence-corrected chi connectivity index (χ4v) is 7.69. The summed E-state index contributed by atoms with van der Waals surface area (Å²) in [7, 11) is 0. The fraction of sp³-hybridized carbons (Fsp3) is 0.721. The first-order valence-corrected chi connectivity index (χ1v) is 17.1. The third kappa shape index (κ3) is 8.00. The van der Waals surface area contributed by atoms with Crippen molar-refractivity contribution in [3.05, 3.63) is 68.3 Å². The molecule has 0 bridgehead atoms. The zero-order valence-corrected chi connectivity index (χ0v) is 33.0. The Morgan fingerprint density at radius 2 is 0.651 bits per heavy atom. The van der Waals surface area contributed by atoms with Crippen LogP contribution in [0, 0.1) is 0 Å². The summed E-state index contributed by atoms with van der Waals surface area (Å²) in [4.78, 5) is 0. The van der Waals surface area contributed by atoms with Crippen LogP contribution in [0.3, 0.4) is 0 Å². The van der Waals surface area contributed by atoms with Crippen LogP contribution >= 0.6 is 0 Å². The molecule has 0 heteroatoms. The summed E-state index contributed by atoms with van der Waals surface area (Å²) >= 11 is 0. The summed E-state index contributed by atoms with van der Waals surface area (Å²) in [5.41, 5.74) is 14.3. The van der Waals surface area contributed by atoms with Crippen molar-refractivity contribution in [2.75, 3.05) is 0 Å². The Hall–Kier alpha value is -1.56. The standard InChI is InChI=1S/C43H72/c1-27(26-28-29(37(2,3)4)24-23-25-30(28)38(5,6)7)31-32(39(8,9)10)34(41(14,15)16)36(43(20,21)22)35(42(17,18)19)33(31)40(11,12)13/h23-25,27H,26H2,1-22H3. The molecular formula is C43H72. The lowest BCUT2D eigenvalue weighted by molar-refractivity contribution is 0.448. The van der Waals surface area contributed by atoms with Gasteiger partial charge in [0.2, 0.25) is 0 Å². The highest BCUT2D eigenvalue weighted by molar-refractivity contribution is 5.63. The predicted octanol–water partition coefficient (Wildman–Crippen LogP) is 13.1. The normalized spacial score (nSPS) is 15.2. The zero-order chi connectivity index (χ0) is 34.1. The van der Waals surface area contributed by atoms with Crippen molar-refractivity contribution in [3.63, 3.8) is 0 Å². The van der Waals surface area contributed by atoms with E-state index in [1.165, 1.54) is 11.1 Å². The van der Waals surface area contributed by atoms with Gasteiger partial charge in [-0.25, -0.2) is 0 Å².